The molecule has 0 aliphatic rings. The highest BCUT2D eigenvalue weighted by Crippen LogP contribution is 2.04. The van der Waals surface area contributed by atoms with Gasteiger partial charge in [0.05, 0.1) is 18.8 Å². The van der Waals surface area contributed by atoms with Crippen LogP contribution in [0.2, 0.25) is 0 Å². The summed E-state index contributed by atoms with van der Waals surface area (Å²) in [4.78, 5) is 21.7. The first-order valence-electron chi connectivity index (χ1n) is 5.01. The number of alkyl halides is 1. The van der Waals surface area contributed by atoms with Crippen molar-refractivity contribution in [2.24, 2.45) is 5.92 Å². The van der Waals surface area contributed by atoms with Crippen LogP contribution in [0.1, 0.15) is 16.8 Å². The van der Waals surface area contributed by atoms with E-state index in [2.05, 4.69) is 0 Å². The van der Waals surface area contributed by atoms with Gasteiger partial charge in [0.2, 0.25) is 0 Å². The summed E-state index contributed by atoms with van der Waals surface area (Å²) in [7, 11) is 0. The normalized spacial score (nSPS) is 11.8. The molecule has 0 fully saturated rings. The van der Waals surface area contributed by atoms with Crippen LogP contribution in [0, 0.1) is 5.92 Å². The lowest BCUT2D eigenvalue weighted by Crippen LogP contribution is -2.12. The van der Waals surface area contributed by atoms with Crippen molar-refractivity contribution in [1.82, 2.24) is 0 Å². The van der Waals surface area contributed by atoms with Gasteiger partial charge in [0.15, 0.2) is 0 Å². The third kappa shape index (κ3) is 3.81. The zero-order chi connectivity index (χ0) is 11.8. The summed E-state index contributed by atoms with van der Waals surface area (Å²) in [6.45, 7) is -0.659. The fourth-order valence-electron chi connectivity index (χ4n) is 1.14. The number of hydrogen-bond donors (Lipinski definition) is 0. The Hall–Kier alpha value is -1.71. The standard InChI is InChI=1S/C12H13FO3/c13-8-10(9-14)6-7-16-12(15)11-4-2-1-3-5-11/h1-5,9-10H,6-8H2/t10-/m1/s1. The molecule has 0 N–H and O–H groups in total. The van der Waals surface area contributed by atoms with Gasteiger partial charge >= 0.3 is 5.97 Å². The maximum atomic E-state index is 12.1. The summed E-state index contributed by atoms with van der Waals surface area (Å²) in [5, 5.41) is 0. The molecule has 0 aromatic heterocycles. The van der Waals surface area contributed by atoms with Gasteiger partial charge in [-0.3, -0.25) is 4.39 Å². The Labute approximate surface area is 93.2 Å². The Balaban J connectivity index is 2.34. The monoisotopic (exact) mass is 224 g/mol. The number of rotatable bonds is 6. The SMILES string of the molecule is O=C[C@@H](CF)CCOC(=O)c1ccccc1. The van der Waals surface area contributed by atoms with E-state index < -0.39 is 18.6 Å². The largest absolute Gasteiger partial charge is 0.462 e. The number of benzene rings is 1. The van der Waals surface area contributed by atoms with Gasteiger partial charge in [-0.1, -0.05) is 18.2 Å². The molecule has 1 aromatic carbocycles. The molecule has 0 unspecified atom stereocenters. The second-order valence-electron chi connectivity index (χ2n) is 3.34. The summed E-state index contributed by atoms with van der Waals surface area (Å²) in [6.07, 6.45) is 0.759. The Morgan fingerprint density at radius 2 is 2.06 bits per heavy atom. The molecule has 1 rings (SSSR count). The molecule has 0 bridgehead atoms. The lowest BCUT2D eigenvalue weighted by molar-refractivity contribution is -0.112. The van der Waals surface area contributed by atoms with Gasteiger partial charge in [0, 0.05) is 5.92 Å². The van der Waals surface area contributed by atoms with E-state index in [1.54, 1.807) is 30.3 Å². The van der Waals surface area contributed by atoms with Crippen molar-refractivity contribution in [3.63, 3.8) is 0 Å². The van der Waals surface area contributed by atoms with Gasteiger partial charge in [-0.05, 0) is 18.6 Å². The van der Waals surface area contributed by atoms with Crippen LogP contribution < -0.4 is 0 Å². The smallest absolute Gasteiger partial charge is 0.338 e. The maximum Gasteiger partial charge on any atom is 0.338 e. The molecule has 0 radical (unpaired) electrons. The fraction of sp³-hybridized carbons (Fsp3) is 0.333. The van der Waals surface area contributed by atoms with Crippen molar-refractivity contribution in [3.8, 4) is 0 Å². The number of halogens is 1. The first-order valence-corrected chi connectivity index (χ1v) is 5.01. The maximum absolute atomic E-state index is 12.1. The molecule has 3 nitrogen and oxygen atoms in total. The molecular formula is C12H13FO3. The Kier molecular flexibility index (Phi) is 5.19. The van der Waals surface area contributed by atoms with Gasteiger partial charge in [-0.15, -0.1) is 0 Å². The van der Waals surface area contributed by atoms with E-state index >= 15 is 0 Å². The van der Waals surface area contributed by atoms with Crippen LogP contribution in [-0.2, 0) is 9.53 Å². The van der Waals surface area contributed by atoms with Gasteiger partial charge in [0.25, 0.3) is 0 Å². The van der Waals surface area contributed by atoms with E-state index in [-0.39, 0.29) is 13.0 Å². The first-order chi connectivity index (χ1) is 7.77. The summed E-state index contributed by atoms with van der Waals surface area (Å²) < 4.78 is 17.0. The van der Waals surface area contributed by atoms with Crippen LogP contribution >= 0.6 is 0 Å². The lowest BCUT2D eigenvalue weighted by Gasteiger charge is -2.06. The van der Waals surface area contributed by atoms with Crippen molar-refractivity contribution < 1.29 is 18.7 Å². The van der Waals surface area contributed by atoms with Gasteiger partial charge in [0.1, 0.15) is 6.29 Å². The number of aldehydes is 1. The summed E-state index contributed by atoms with van der Waals surface area (Å²) in [5.74, 6) is -1.13. The molecule has 0 saturated carbocycles. The molecule has 16 heavy (non-hydrogen) atoms. The number of carbonyl (C=O) groups excluding carboxylic acids is 2. The highest BCUT2D eigenvalue weighted by molar-refractivity contribution is 5.89. The second kappa shape index (κ2) is 6.71. The van der Waals surface area contributed by atoms with E-state index in [1.807, 2.05) is 0 Å². The molecule has 0 aliphatic carbocycles. The molecule has 4 heteroatoms. The van der Waals surface area contributed by atoms with E-state index in [0.717, 1.165) is 0 Å². The zero-order valence-corrected chi connectivity index (χ0v) is 8.77. The minimum absolute atomic E-state index is 0.0566. The first kappa shape index (κ1) is 12.4. The third-order valence-electron chi connectivity index (χ3n) is 2.12. The van der Waals surface area contributed by atoms with E-state index in [1.165, 1.54) is 0 Å². The van der Waals surface area contributed by atoms with Crippen LogP contribution in [-0.4, -0.2) is 25.5 Å². The van der Waals surface area contributed by atoms with Crippen LogP contribution in [0.4, 0.5) is 4.39 Å². The van der Waals surface area contributed by atoms with Crippen LogP contribution in [0.5, 0.6) is 0 Å². The number of carbonyl (C=O) groups is 2. The molecule has 0 aliphatic heterocycles. The third-order valence-corrected chi connectivity index (χ3v) is 2.12. The molecular weight excluding hydrogens is 211 g/mol. The van der Waals surface area contributed by atoms with Crippen molar-refractivity contribution >= 4 is 12.3 Å². The van der Waals surface area contributed by atoms with E-state index in [4.69, 9.17) is 4.74 Å². The quantitative estimate of drug-likeness (QED) is 0.548. The number of hydrogen-bond acceptors (Lipinski definition) is 3. The van der Waals surface area contributed by atoms with Crippen molar-refractivity contribution in [2.45, 2.75) is 6.42 Å². The Morgan fingerprint density at radius 3 is 2.62 bits per heavy atom. The predicted octanol–water partition coefficient (Wildman–Crippen LogP) is 2.02. The van der Waals surface area contributed by atoms with E-state index in [0.29, 0.717) is 11.8 Å². The Bertz CT molecular complexity index is 337. The second-order valence-corrected chi connectivity index (χ2v) is 3.34. The van der Waals surface area contributed by atoms with Gasteiger partial charge < -0.3 is 9.53 Å². The number of esters is 1. The molecule has 1 aromatic rings. The number of ether oxygens (including phenoxy) is 1. The molecule has 0 saturated heterocycles. The van der Waals surface area contributed by atoms with Crippen LogP contribution in [0.15, 0.2) is 30.3 Å². The average Bonchev–Trinajstić information content (AvgIpc) is 2.35. The molecule has 0 amide bonds. The lowest BCUT2D eigenvalue weighted by atomic mass is 10.1. The van der Waals surface area contributed by atoms with Crippen molar-refractivity contribution in [1.29, 1.82) is 0 Å². The topological polar surface area (TPSA) is 43.4 Å². The summed E-state index contributed by atoms with van der Waals surface area (Å²) in [6, 6.07) is 8.52. The minimum atomic E-state index is -0.716. The predicted molar refractivity (Wildman–Crippen MR) is 56.9 cm³/mol. The zero-order valence-electron chi connectivity index (χ0n) is 8.77. The van der Waals surface area contributed by atoms with Gasteiger partial charge in [-0.2, -0.15) is 0 Å². The summed E-state index contributed by atoms with van der Waals surface area (Å²) in [5.41, 5.74) is 0.449. The summed E-state index contributed by atoms with van der Waals surface area (Å²) >= 11 is 0. The van der Waals surface area contributed by atoms with Crippen molar-refractivity contribution in [3.05, 3.63) is 35.9 Å². The fourth-order valence-corrected chi connectivity index (χ4v) is 1.14. The molecule has 86 valence electrons. The van der Waals surface area contributed by atoms with Crippen molar-refractivity contribution in [2.75, 3.05) is 13.3 Å². The average molecular weight is 224 g/mol. The van der Waals surface area contributed by atoms with Crippen LogP contribution in [0.3, 0.4) is 0 Å². The highest BCUT2D eigenvalue weighted by atomic mass is 19.1. The van der Waals surface area contributed by atoms with Gasteiger partial charge in [-0.25, -0.2) is 4.79 Å². The molecule has 0 heterocycles. The molecule has 0 spiro atoms. The molecule has 1 atom stereocenters. The minimum Gasteiger partial charge on any atom is -0.462 e. The van der Waals surface area contributed by atoms with E-state index in [9.17, 15) is 14.0 Å². The highest BCUT2D eigenvalue weighted by Gasteiger charge is 2.09. The Morgan fingerprint density at radius 1 is 1.38 bits per heavy atom. The van der Waals surface area contributed by atoms with Crippen LogP contribution in [0.25, 0.3) is 0 Å².